The van der Waals surface area contributed by atoms with Gasteiger partial charge in [-0.05, 0) is 55.0 Å². The van der Waals surface area contributed by atoms with Crippen molar-refractivity contribution in [3.63, 3.8) is 0 Å². The van der Waals surface area contributed by atoms with Gasteiger partial charge in [0.2, 0.25) is 0 Å². The molecular formula is C18H26N2O. The number of Topliss-reactive ketones (excluding diaryl/α,β-unsaturated/α-hetero) is 1. The smallest absolute Gasteiger partial charge is 0.184 e. The van der Waals surface area contributed by atoms with Crippen molar-refractivity contribution in [2.45, 2.75) is 19.3 Å². The molecule has 1 saturated carbocycles. The third-order valence-corrected chi connectivity index (χ3v) is 3.06. The summed E-state index contributed by atoms with van der Waals surface area (Å²) >= 11 is 0. The highest BCUT2D eigenvalue weighted by molar-refractivity contribution is 6.09. The number of hydrogen-bond donors (Lipinski definition) is 0. The van der Waals surface area contributed by atoms with E-state index in [0.717, 1.165) is 30.4 Å². The van der Waals surface area contributed by atoms with Gasteiger partial charge in [-0.1, -0.05) is 24.3 Å². The van der Waals surface area contributed by atoms with Gasteiger partial charge in [-0.3, -0.25) is 4.79 Å². The van der Waals surface area contributed by atoms with Crippen LogP contribution in [0.1, 0.15) is 19.3 Å². The van der Waals surface area contributed by atoms with Crippen LogP contribution >= 0.6 is 0 Å². The van der Waals surface area contributed by atoms with E-state index in [9.17, 15) is 4.79 Å². The fourth-order valence-corrected chi connectivity index (χ4v) is 2.01. The number of rotatable bonds is 5. The molecule has 0 bridgehead atoms. The molecule has 0 amide bonds. The van der Waals surface area contributed by atoms with Gasteiger partial charge < -0.3 is 9.80 Å². The molecule has 114 valence electrons. The molecular weight excluding hydrogens is 260 g/mol. The summed E-state index contributed by atoms with van der Waals surface area (Å²) in [6, 6.07) is 0. The highest BCUT2D eigenvalue weighted by atomic mass is 16.1. The van der Waals surface area contributed by atoms with Crippen LogP contribution in [0.2, 0.25) is 0 Å². The molecule has 0 saturated heterocycles. The lowest BCUT2D eigenvalue weighted by Gasteiger charge is -2.15. The van der Waals surface area contributed by atoms with Crippen LogP contribution in [0, 0.1) is 0 Å². The molecule has 0 N–H and O–H groups in total. The van der Waals surface area contributed by atoms with Crippen molar-refractivity contribution in [3.8, 4) is 0 Å². The van der Waals surface area contributed by atoms with Crippen LogP contribution in [0.15, 0.2) is 60.0 Å². The lowest BCUT2D eigenvalue weighted by molar-refractivity contribution is -0.113. The maximum absolute atomic E-state index is 12.3. The predicted molar refractivity (Wildman–Crippen MR) is 89.8 cm³/mol. The van der Waals surface area contributed by atoms with Crippen LogP contribution in [-0.2, 0) is 4.79 Å². The van der Waals surface area contributed by atoms with Gasteiger partial charge in [0, 0.05) is 28.2 Å². The average Bonchev–Trinajstić information content (AvgIpc) is 2.41. The lowest BCUT2D eigenvalue weighted by atomic mass is 9.88. The van der Waals surface area contributed by atoms with Crippen molar-refractivity contribution in [2.24, 2.45) is 0 Å². The van der Waals surface area contributed by atoms with Crippen molar-refractivity contribution < 1.29 is 4.79 Å². The zero-order valence-electron chi connectivity index (χ0n) is 13.5. The Kier molecular flexibility index (Phi) is 7.30. The van der Waals surface area contributed by atoms with Gasteiger partial charge in [0.1, 0.15) is 0 Å². The molecule has 0 atom stereocenters. The van der Waals surface area contributed by atoms with Crippen molar-refractivity contribution >= 4 is 5.78 Å². The van der Waals surface area contributed by atoms with E-state index in [4.69, 9.17) is 0 Å². The number of nitrogens with zero attached hydrogens (tertiary/aromatic N) is 2. The van der Waals surface area contributed by atoms with E-state index in [1.165, 1.54) is 0 Å². The summed E-state index contributed by atoms with van der Waals surface area (Å²) in [5.41, 5.74) is 1.81. The first-order chi connectivity index (χ1) is 10.0. The van der Waals surface area contributed by atoms with Crippen LogP contribution in [0.3, 0.4) is 0 Å². The van der Waals surface area contributed by atoms with Crippen molar-refractivity contribution in [2.75, 3.05) is 28.2 Å². The highest BCUT2D eigenvalue weighted by Crippen LogP contribution is 2.24. The van der Waals surface area contributed by atoms with Gasteiger partial charge in [-0.2, -0.15) is 0 Å². The first kappa shape index (κ1) is 17.0. The Morgan fingerprint density at radius 1 is 0.762 bits per heavy atom. The molecule has 0 aromatic heterocycles. The Morgan fingerprint density at radius 2 is 1.29 bits per heavy atom. The Morgan fingerprint density at radius 3 is 1.86 bits per heavy atom. The van der Waals surface area contributed by atoms with E-state index in [2.05, 4.69) is 0 Å². The second-order valence-electron chi connectivity index (χ2n) is 5.56. The van der Waals surface area contributed by atoms with Crippen LogP contribution in [0.5, 0.6) is 0 Å². The van der Waals surface area contributed by atoms with E-state index < -0.39 is 0 Å². The summed E-state index contributed by atoms with van der Waals surface area (Å²) in [5.74, 6) is 0.186. The second-order valence-corrected chi connectivity index (χ2v) is 5.56. The maximum Gasteiger partial charge on any atom is 0.184 e. The Hall–Kier alpha value is -2.03. The summed E-state index contributed by atoms with van der Waals surface area (Å²) < 4.78 is 0. The molecule has 1 fully saturated rings. The second kappa shape index (κ2) is 9.01. The minimum atomic E-state index is 0.186. The molecule has 1 aliphatic carbocycles. The van der Waals surface area contributed by atoms with Gasteiger partial charge in [0.05, 0.1) is 0 Å². The third-order valence-electron chi connectivity index (χ3n) is 3.06. The van der Waals surface area contributed by atoms with Gasteiger partial charge in [0.25, 0.3) is 0 Å². The Balaban J connectivity index is 2.70. The van der Waals surface area contributed by atoms with E-state index >= 15 is 0 Å². The molecule has 0 aromatic rings. The summed E-state index contributed by atoms with van der Waals surface area (Å²) in [7, 11) is 7.89. The van der Waals surface area contributed by atoms with Crippen molar-refractivity contribution in [1.29, 1.82) is 0 Å². The van der Waals surface area contributed by atoms with Gasteiger partial charge in [-0.15, -0.1) is 0 Å². The summed E-state index contributed by atoms with van der Waals surface area (Å²) in [5, 5.41) is 0. The minimum absolute atomic E-state index is 0.186. The predicted octanol–water partition coefficient (Wildman–Crippen LogP) is 3.30. The maximum atomic E-state index is 12.3. The Labute approximate surface area is 128 Å². The monoisotopic (exact) mass is 286 g/mol. The molecule has 0 aromatic carbocycles. The number of hydrogen-bond acceptors (Lipinski definition) is 3. The summed E-state index contributed by atoms with van der Waals surface area (Å²) in [4.78, 5) is 16.3. The van der Waals surface area contributed by atoms with Crippen LogP contribution in [0.4, 0.5) is 0 Å². The molecule has 0 heterocycles. The van der Waals surface area contributed by atoms with Gasteiger partial charge in [-0.25, -0.2) is 0 Å². The molecule has 3 heteroatoms. The fraction of sp³-hybridized carbons (Fsp3) is 0.389. The van der Waals surface area contributed by atoms with E-state index in [-0.39, 0.29) is 5.78 Å². The first-order valence-corrected chi connectivity index (χ1v) is 7.29. The fourth-order valence-electron chi connectivity index (χ4n) is 2.01. The molecule has 0 spiro atoms. The average molecular weight is 286 g/mol. The van der Waals surface area contributed by atoms with Gasteiger partial charge in [0.15, 0.2) is 5.78 Å². The molecule has 1 aliphatic rings. The normalized spacial score (nSPS) is 20.5. The zero-order chi connectivity index (χ0) is 15.7. The highest BCUT2D eigenvalue weighted by Gasteiger charge is 2.18. The molecule has 1 rings (SSSR count). The van der Waals surface area contributed by atoms with Crippen molar-refractivity contribution in [3.05, 3.63) is 60.0 Å². The molecule has 3 nitrogen and oxygen atoms in total. The summed E-state index contributed by atoms with van der Waals surface area (Å²) in [6.07, 6.45) is 18.4. The van der Waals surface area contributed by atoms with Gasteiger partial charge >= 0.3 is 0 Å². The van der Waals surface area contributed by atoms with Crippen LogP contribution in [0.25, 0.3) is 0 Å². The SMILES string of the molecule is CN(C)/C=C/C=C/C=C1/CCC/C(=C\C=C\N(C)C)C1=O. The molecule has 0 unspecified atom stereocenters. The molecule has 0 radical (unpaired) electrons. The number of carbonyl (C=O) groups excluding carboxylic acids is 1. The molecule has 21 heavy (non-hydrogen) atoms. The number of ketones is 1. The number of carbonyl (C=O) groups is 1. The minimum Gasteiger partial charge on any atom is -0.383 e. The van der Waals surface area contributed by atoms with Crippen molar-refractivity contribution in [1.82, 2.24) is 9.80 Å². The van der Waals surface area contributed by atoms with Crippen LogP contribution in [-0.4, -0.2) is 43.8 Å². The largest absolute Gasteiger partial charge is 0.383 e. The van der Waals surface area contributed by atoms with E-state index in [1.807, 2.05) is 86.8 Å². The standard InChI is InChI=1S/C18H26N2O/c1-19(2)14-7-5-6-10-16-11-8-12-17(18(16)21)13-9-15-20(3)4/h5-7,9-10,13-15H,8,11-12H2,1-4H3/b6-5+,14-7+,15-9+,16-10-,17-13+. The lowest BCUT2D eigenvalue weighted by Crippen LogP contribution is -2.12. The quantitative estimate of drug-likeness (QED) is 0.572. The van der Waals surface area contributed by atoms with E-state index in [1.54, 1.807) is 0 Å². The zero-order valence-corrected chi connectivity index (χ0v) is 13.5. The topological polar surface area (TPSA) is 23.6 Å². The Bertz CT molecular complexity index is 491. The number of allylic oxidation sites excluding steroid dienone is 8. The third kappa shape index (κ3) is 6.80. The van der Waals surface area contributed by atoms with E-state index in [0.29, 0.717) is 0 Å². The first-order valence-electron chi connectivity index (χ1n) is 7.29. The molecule has 0 aliphatic heterocycles. The summed E-state index contributed by atoms with van der Waals surface area (Å²) in [6.45, 7) is 0. The van der Waals surface area contributed by atoms with Crippen LogP contribution < -0.4 is 0 Å².